The van der Waals surface area contributed by atoms with Crippen molar-refractivity contribution in [1.82, 2.24) is 9.97 Å². The van der Waals surface area contributed by atoms with Crippen molar-refractivity contribution in [2.45, 2.75) is 26.7 Å². The van der Waals surface area contributed by atoms with Crippen LogP contribution in [0.15, 0.2) is 36.4 Å². The molecular weight excluding hydrogens is 280 g/mol. The summed E-state index contributed by atoms with van der Waals surface area (Å²) in [6, 6.07) is 12.0. The molecule has 0 fully saturated rings. The van der Waals surface area contributed by atoms with Crippen LogP contribution < -0.4 is 10.6 Å². The zero-order valence-corrected chi connectivity index (χ0v) is 13.2. The van der Waals surface area contributed by atoms with E-state index in [9.17, 15) is 0 Å². The molecule has 0 atom stereocenters. The van der Waals surface area contributed by atoms with Gasteiger partial charge in [0.1, 0.15) is 10.7 Å². The van der Waals surface area contributed by atoms with Crippen LogP contribution in [0.3, 0.4) is 0 Å². The number of rotatable bonds is 6. The molecule has 0 bridgehead atoms. The van der Waals surface area contributed by atoms with Crippen LogP contribution in [0.1, 0.15) is 31.2 Å². The lowest BCUT2D eigenvalue weighted by atomic mass is 10.2. The van der Waals surface area contributed by atoms with Crippen LogP contribution in [-0.2, 0) is 0 Å². The molecule has 110 valence electrons. The maximum absolute atomic E-state index is 5.71. The highest BCUT2D eigenvalue weighted by atomic mass is 32.1. The molecule has 0 amide bonds. The third-order valence-electron chi connectivity index (χ3n) is 3.14. The molecule has 5 heteroatoms. The molecule has 2 aromatic rings. The Morgan fingerprint density at radius 3 is 2.57 bits per heavy atom. The number of unbranched alkanes of at least 4 members (excludes halogenated alkanes) is 1. The summed E-state index contributed by atoms with van der Waals surface area (Å²) < 4.78 is 0. The predicted molar refractivity (Wildman–Crippen MR) is 91.0 cm³/mol. The maximum atomic E-state index is 5.71. The first-order valence-corrected chi connectivity index (χ1v) is 7.50. The zero-order chi connectivity index (χ0) is 15.2. The standard InChI is InChI=1S/C16H20N4S/c1-3-4-10-20(13-8-6-5-7-9-13)16-18-12(2)11-14(19-16)15(17)21/h5-9,11H,3-4,10H2,1-2H3,(H2,17,21). The Morgan fingerprint density at radius 2 is 1.95 bits per heavy atom. The lowest BCUT2D eigenvalue weighted by molar-refractivity contribution is 0.769. The van der Waals surface area contributed by atoms with Crippen molar-refractivity contribution in [2.24, 2.45) is 5.73 Å². The van der Waals surface area contributed by atoms with Gasteiger partial charge in [-0.15, -0.1) is 0 Å². The smallest absolute Gasteiger partial charge is 0.230 e. The third-order valence-corrected chi connectivity index (χ3v) is 3.35. The van der Waals surface area contributed by atoms with Crippen molar-refractivity contribution >= 4 is 28.8 Å². The molecule has 0 spiro atoms. The Morgan fingerprint density at radius 1 is 1.24 bits per heavy atom. The van der Waals surface area contributed by atoms with Gasteiger partial charge in [-0.2, -0.15) is 0 Å². The summed E-state index contributed by atoms with van der Waals surface area (Å²) >= 11 is 5.04. The number of hydrogen-bond donors (Lipinski definition) is 1. The Hall–Kier alpha value is -2.01. The second-order valence-corrected chi connectivity index (χ2v) is 5.34. The average Bonchev–Trinajstić information content (AvgIpc) is 2.48. The Labute approximate surface area is 131 Å². The molecule has 0 radical (unpaired) electrons. The molecule has 1 aromatic carbocycles. The van der Waals surface area contributed by atoms with Gasteiger partial charge in [0.25, 0.3) is 0 Å². The highest BCUT2D eigenvalue weighted by molar-refractivity contribution is 7.80. The van der Waals surface area contributed by atoms with Crippen molar-refractivity contribution in [3.05, 3.63) is 47.8 Å². The van der Waals surface area contributed by atoms with E-state index in [1.807, 2.05) is 31.2 Å². The first-order valence-electron chi connectivity index (χ1n) is 7.10. The van der Waals surface area contributed by atoms with Crippen LogP contribution in [0.25, 0.3) is 0 Å². The van der Waals surface area contributed by atoms with Gasteiger partial charge in [-0.25, -0.2) is 9.97 Å². The van der Waals surface area contributed by atoms with Gasteiger partial charge in [-0.1, -0.05) is 43.8 Å². The summed E-state index contributed by atoms with van der Waals surface area (Å²) in [7, 11) is 0. The van der Waals surface area contributed by atoms with E-state index in [1.165, 1.54) is 0 Å². The number of para-hydroxylation sites is 1. The van der Waals surface area contributed by atoms with E-state index in [0.717, 1.165) is 30.8 Å². The zero-order valence-electron chi connectivity index (χ0n) is 12.4. The topological polar surface area (TPSA) is 55.0 Å². The van der Waals surface area contributed by atoms with E-state index in [0.29, 0.717) is 16.6 Å². The fourth-order valence-electron chi connectivity index (χ4n) is 2.07. The van der Waals surface area contributed by atoms with Gasteiger partial charge in [-0.3, -0.25) is 0 Å². The summed E-state index contributed by atoms with van der Waals surface area (Å²) in [5, 5.41) is 0. The van der Waals surface area contributed by atoms with Gasteiger partial charge >= 0.3 is 0 Å². The molecular formula is C16H20N4S. The number of hydrogen-bond acceptors (Lipinski definition) is 4. The van der Waals surface area contributed by atoms with Gasteiger partial charge in [-0.05, 0) is 31.5 Å². The Bertz CT molecular complexity index is 613. The molecule has 2 rings (SSSR count). The van der Waals surface area contributed by atoms with Crippen molar-refractivity contribution in [3.63, 3.8) is 0 Å². The second-order valence-electron chi connectivity index (χ2n) is 4.90. The molecule has 0 saturated carbocycles. The molecule has 2 N–H and O–H groups in total. The lowest BCUT2D eigenvalue weighted by Gasteiger charge is -2.23. The molecule has 0 saturated heterocycles. The SMILES string of the molecule is CCCCN(c1ccccc1)c1nc(C)cc(C(N)=S)n1. The van der Waals surface area contributed by atoms with E-state index in [2.05, 4.69) is 33.9 Å². The van der Waals surface area contributed by atoms with Gasteiger partial charge in [0.2, 0.25) is 5.95 Å². The molecule has 1 aromatic heterocycles. The van der Waals surface area contributed by atoms with Crippen LogP contribution in [-0.4, -0.2) is 21.5 Å². The number of thiocarbonyl (C=S) groups is 1. The molecule has 0 aliphatic heterocycles. The summed E-state index contributed by atoms with van der Waals surface area (Å²) in [6.07, 6.45) is 2.17. The van der Waals surface area contributed by atoms with E-state index in [1.54, 1.807) is 0 Å². The summed E-state index contributed by atoms with van der Waals surface area (Å²) in [4.78, 5) is 11.5. The molecule has 1 heterocycles. The number of anilines is 2. The van der Waals surface area contributed by atoms with Crippen molar-refractivity contribution < 1.29 is 0 Å². The number of aryl methyl sites for hydroxylation is 1. The summed E-state index contributed by atoms with van der Waals surface area (Å²) in [5.41, 5.74) is 8.26. The van der Waals surface area contributed by atoms with Gasteiger partial charge in [0.15, 0.2) is 0 Å². The van der Waals surface area contributed by atoms with Crippen LogP contribution in [0.5, 0.6) is 0 Å². The third kappa shape index (κ3) is 3.98. The lowest BCUT2D eigenvalue weighted by Crippen LogP contribution is -2.23. The van der Waals surface area contributed by atoms with E-state index < -0.39 is 0 Å². The highest BCUT2D eigenvalue weighted by Gasteiger charge is 2.14. The molecule has 0 unspecified atom stereocenters. The fourth-order valence-corrected chi connectivity index (χ4v) is 2.17. The van der Waals surface area contributed by atoms with Crippen molar-refractivity contribution in [3.8, 4) is 0 Å². The minimum Gasteiger partial charge on any atom is -0.388 e. The number of benzene rings is 1. The number of nitrogens with two attached hydrogens (primary N) is 1. The van der Waals surface area contributed by atoms with Gasteiger partial charge in [0, 0.05) is 17.9 Å². The maximum Gasteiger partial charge on any atom is 0.230 e. The van der Waals surface area contributed by atoms with Crippen LogP contribution in [0.4, 0.5) is 11.6 Å². The Balaban J connectivity index is 2.43. The second kappa shape index (κ2) is 7.13. The minimum absolute atomic E-state index is 0.297. The van der Waals surface area contributed by atoms with E-state index in [-0.39, 0.29) is 0 Å². The average molecular weight is 300 g/mol. The molecule has 0 aliphatic carbocycles. The first kappa shape index (κ1) is 15.4. The van der Waals surface area contributed by atoms with Crippen molar-refractivity contribution in [1.29, 1.82) is 0 Å². The fraction of sp³-hybridized carbons (Fsp3) is 0.312. The largest absolute Gasteiger partial charge is 0.388 e. The monoisotopic (exact) mass is 300 g/mol. The van der Waals surface area contributed by atoms with Crippen LogP contribution >= 0.6 is 12.2 Å². The highest BCUT2D eigenvalue weighted by Crippen LogP contribution is 2.23. The Kier molecular flexibility index (Phi) is 5.22. The summed E-state index contributed by atoms with van der Waals surface area (Å²) in [6.45, 7) is 4.96. The predicted octanol–water partition coefficient (Wildman–Crippen LogP) is 3.36. The molecule has 0 aliphatic rings. The molecule has 4 nitrogen and oxygen atoms in total. The summed E-state index contributed by atoms with van der Waals surface area (Å²) in [5.74, 6) is 0.650. The van der Waals surface area contributed by atoms with Crippen LogP contribution in [0.2, 0.25) is 0 Å². The minimum atomic E-state index is 0.297. The quantitative estimate of drug-likeness (QED) is 0.829. The molecule has 21 heavy (non-hydrogen) atoms. The van der Waals surface area contributed by atoms with Gasteiger partial charge < -0.3 is 10.6 Å². The number of nitrogens with zero attached hydrogens (tertiary/aromatic N) is 3. The first-order chi connectivity index (χ1) is 10.1. The van der Waals surface area contributed by atoms with Crippen molar-refractivity contribution in [2.75, 3.05) is 11.4 Å². The number of aromatic nitrogens is 2. The van der Waals surface area contributed by atoms with E-state index >= 15 is 0 Å². The van der Waals surface area contributed by atoms with Crippen LogP contribution in [0, 0.1) is 6.92 Å². The van der Waals surface area contributed by atoms with E-state index in [4.69, 9.17) is 18.0 Å². The van der Waals surface area contributed by atoms with Gasteiger partial charge in [0.05, 0.1) is 0 Å². The normalized spacial score (nSPS) is 10.4.